The molecule has 0 aromatic carbocycles. The van der Waals surface area contributed by atoms with E-state index < -0.39 is 15.7 Å². The molecule has 0 aliphatic carbocycles. The van der Waals surface area contributed by atoms with E-state index in [9.17, 15) is 0 Å². The molecule has 0 rings (SSSR count). The van der Waals surface area contributed by atoms with E-state index in [1.807, 2.05) is 0 Å². The average Bonchev–Trinajstić information content (AvgIpc) is 0.650. The molecule has 5 nitrogen and oxygen atoms in total. The number of rotatable bonds is 0. The molecule has 0 saturated heterocycles. The maximum absolute atomic E-state index is 8.67. The van der Waals surface area contributed by atoms with Crippen LogP contribution in [0.2, 0.25) is 0 Å². The van der Waals surface area contributed by atoms with Gasteiger partial charge >= 0.3 is 126 Å². The Morgan fingerprint density at radius 2 is 0.750 bits per heavy atom. The van der Waals surface area contributed by atoms with E-state index in [-0.39, 0.29) is 94.4 Å². The van der Waals surface area contributed by atoms with Crippen LogP contribution in [0.4, 0.5) is 0 Å². The Balaban J connectivity index is -0.000000125. The monoisotopic (exact) mass is 491 g/mol. The summed E-state index contributed by atoms with van der Waals surface area (Å²) in [6, 6.07) is 0. The topological polar surface area (TPSA) is 85.3 Å². The van der Waals surface area contributed by atoms with Crippen LogP contribution >= 0.6 is 0 Å². The minimum absolute atomic E-state index is 0. The third-order valence-corrected chi connectivity index (χ3v) is 0. The molecule has 0 heterocycles. The van der Waals surface area contributed by atoms with Gasteiger partial charge in [0.2, 0.25) is 0 Å². The van der Waals surface area contributed by atoms with Crippen LogP contribution in [-0.2, 0) is 31.9 Å². The quantitative estimate of drug-likeness (QED) is 0.353. The fraction of sp³-hybridized carbons (Fsp3) is 0. The van der Waals surface area contributed by atoms with Gasteiger partial charge < -0.3 is 0 Å². The van der Waals surface area contributed by atoms with E-state index in [2.05, 4.69) is 0 Å². The molecule has 43 valence electrons. The Labute approximate surface area is 123 Å². The van der Waals surface area contributed by atoms with Gasteiger partial charge in [-0.05, 0) is 0 Å². The molecule has 0 bridgehead atoms. The van der Waals surface area contributed by atoms with Crippen LogP contribution in [0.25, 0.3) is 0 Å². The standard InChI is InChI=1S/Ba.5O.Sr.Ta.4H. The summed E-state index contributed by atoms with van der Waals surface area (Å²) in [6.07, 6.45) is 0. The number of hydrogen-bond acceptors (Lipinski definition) is 5. The Morgan fingerprint density at radius 3 is 0.750 bits per heavy atom. The van der Waals surface area contributed by atoms with Gasteiger partial charge in [0.15, 0.2) is 0 Å². The van der Waals surface area contributed by atoms with Gasteiger partial charge in [0, 0.05) is 0 Å². The van der Waals surface area contributed by atoms with E-state index in [1.165, 1.54) is 0 Å². The molecule has 0 aliphatic rings. The van der Waals surface area contributed by atoms with E-state index in [0.29, 0.717) is 0 Å². The molecule has 0 aromatic rings. The molecule has 0 fully saturated rings. The Kier molecular flexibility index (Phi) is 9.85. The van der Waals surface area contributed by atoms with Crippen LogP contribution in [0.5, 0.6) is 0 Å². The minimum atomic E-state index is -8.05. The fourth-order valence-electron chi connectivity index (χ4n) is 0. The van der Waals surface area contributed by atoms with Crippen molar-refractivity contribution in [1.82, 2.24) is 0 Å². The summed E-state index contributed by atoms with van der Waals surface area (Å²) in [4.78, 5) is 0. The van der Waals surface area contributed by atoms with Crippen LogP contribution in [0.3, 0.4) is 0 Å². The van der Waals surface area contributed by atoms with Crippen molar-refractivity contribution in [3.8, 4) is 0 Å². The SMILES string of the molecule is [BaH2].[O]=[Ta](=[O])(=[O])(=[O])=[O].[SrH2]. The third-order valence-electron chi connectivity index (χ3n) is 0. The molecule has 0 amide bonds. The molecule has 0 radical (unpaired) electrons. The van der Waals surface area contributed by atoms with E-state index in [1.54, 1.807) is 0 Å². The van der Waals surface area contributed by atoms with Crippen molar-refractivity contribution in [1.29, 1.82) is 0 Å². The molecular formula is H4BaO5SrTa. The van der Waals surface area contributed by atoms with Gasteiger partial charge in [-0.2, -0.15) is 0 Å². The molecule has 0 aliphatic heterocycles. The molecule has 0 unspecified atom stereocenters. The van der Waals surface area contributed by atoms with Crippen LogP contribution in [0, 0.1) is 0 Å². The Morgan fingerprint density at radius 1 is 0.750 bits per heavy atom. The van der Waals surface area contributed by atoms with E-state index >= 15 is 0 Å². The first-order chi connectivity index (χ1) is 2.24. The molecule has 0 saturated carbocycles. The Hall–Kier alpha value is 2.79. The summed E-state index contributed by atoms with van der Waals surface area (Å²) in [5.74, 6) is 0. The van der Waals surface area contributed by atoms with Gasteiger partial charge in [0.1, 0.15) is 0 Å². The second-order valence-electron chi connectivity index (χ2n) is 0.745. The fourth-order valence-corrected chi connectivity index (χ4v) is 0. The normalized spacial score (nSPS) is 7.50. The van der Waals surface area contributed by atoms with Gasteiger partial charge in [-0.3, -0.25) is 0 Å². The van der Waals surface area contributed by atoms with Gasteiger partial charge in [-0.1, -0.05) is 0 Å². The first-order valence-corrected chi connectivity index (χ1v) is 7.47. The van der Waals surface area contributed by atoms with Crippen molar-refractivity contribution in [2.24, 2.45) is 0 Å². The summed E-state index contributed by atoms with van der Waals surface area (Å²) >= 11 is -8.05. The Bertz CT molecular complexity index is 282. The van der Waals surface area contributed by atoms with Gasteiger partial charge in [-0.15, -0.1) is 0 Å². The zero-order chi connectivity index (χ0) is 5.45. The second-order valence-corrected chi connectivity index (χ2v) is 6.10. The van der Waals surface area contributed by atoms with Crippen molar-refractivity contribution in [3.05, 3.63) is 0 Å². The molecular weight excluding hydrogens is 486 g/mol. The van der Waals surface area contributed by atoms with Gasteiger partial charge in [0.05, 0.1) is 0 Å². The van der Waals surface area contributed by atoms with Crippen molar-refractivity contribution in [2.45, 2.75) is 0 Å². The summed E-state index contributed by atoms with van der Waals surface area (Å²) in [7, 11) is 0. The van der Waals surface area contributed by atoms with Crippen molar-refractivity contribution in [3.63, 3.8) is 0 Å². The van der Waals surface area contributed by atoms with Crippen LogP contribution in [0.15, 0.2) is 0 Å². The zero-order valence-electron chi connectivity index (χ0n) is 2.49. The molecule has 0 spiro atoms. The van der Waals surface area contributed by atoms with Crippen molar-refractivity contribution >= 4 is 94.4 Å². The first-order valence-electron chi connectivity index (χ1n) is 0.913. The van der Waals surface area contributed by atoms with Gasteiger partial charge in [0.25, 0.3) is 0 Å². The predicted octanol–water partition coefficient (Wildman–Crippen LogP) is -2.43. The first kappa shape index (κ1) is 17.0. The molecule has 8 heteroatoms. The van der Waals surface area contributed by atoms with Crippen molar-refractivity contribution in [2.75, 3.05) is 0 Å². The molecule has 8 heavy (non-hydrogen) atoms. The maximum atomic E-state index is 8.67. The summed E-state index contributed by atoms with van der Waals surface area (Å²) in [5, 5.41) is 0. The van der Waals surface area contributed by atoms with E-state index in [4.69, 9.17) is 16.3 Å². The molecule has 0 atom stereocenters. The van der Waals surface area contributed by atoms with Gasteiger partial charge in [-0.25, -0.2) is 0 Å². The second kappa shape index (κ2) is 4.63. The summed E-state index contributed by atoms with van der Waals surface area (Å²) in [6.45, 7) is 0. The summed E-state index contributed by atoms with van der Waals surface area (Å²) < 4.78 is 43.4. The predicted molar refractivity (Wildman–Crippen MR) is 20.5 cm³/mol. The third kappa shape index (κ3) is 68.5. The number of hydrogen-bond donors (Lipinski definition) is 0. The summed E-state index contributed by atoms with van der Waals surface area (Å²) in [5.41, 5.74) is 0. The molecule has 0 N–H and O–H groups in total. The van der Waals surface area contributed by atoms with Crippen LogP contribution in [-0.4, -0.2) is 94.4 Å². The van der Waals surface area contributed by atoms with Crippen LogP contribution < -0.4 is 0 Å². The zero-order valence-corrected chi connectivity index (χ0v) is 5.70. The molecule has 0 aromatic heterocycles. The average molecular weight is 490 g/mol. The van der Waals surface area contributed by atoms with Crippen molar-refractivity contribution < 1.29 is 31.9 Å². The van der Waals surface area contributed by atoms with Crippen LogP contribution in [0.1, 0.15) is 0 Å². The van der Waals surface area contributed by atoms with E-state index in [0.717, 1.165) is 0 Å².